The molecule has 1 saturated heterocycles. The molecule has 1 aliphatic heterocycles. The number of methoxy groups -OCH3 is 1. The number of imide groups is 2. The Balaban J connectivity index is 1.70. The first-order valence-corrected chi connectivity index (χ1v) is 11.6. The summed E-state index contributed by atoms with van der Waals surface area (Å²) in [6, 6.07) is 17.4. The zero-order chi connectivity index (χ0) is 25.1. The monoisotopic (exact) mass is 534 g/mol. The number of aryl methyl sites for hydroxylation is 2. The molecule has 0 aromatic heterocycles. The second-order valence-corrected chi connectivity index (χ2v) is 8.99. The number of rotatable bonds is 6. The number of nitrogens with zero attached hydrogens (tertiary/aromatic N) is 1. The molecular weight excluding hydrogens is 512 g/mol. The van der Waals surface area contributed by atoms with Gasteiger partial charge in [-0.25, -0.2) is 9.69 Å². The van der Waals surface area contributed by atoms with E-state index in [9.17, 15) is 14.4 Å². The van der Waals surface area contributed by atoms with Gasteiger partial charge in [-0.05, 0) is 61.4 Å². The van der Waals surface area contributed by atoms with Crippen molar-refractivity contribution in [2.24, 2.45) is 0 Å². The Bertz CT molecular complexity index is 1370. The van der Waals surface area contributed by atoms with Crippen LogP contribution in [0.2, 0.25) is 0 Å². The van der Waals surface area contributed by atoms with Crippen molar-refractivity contribution >= 4 is 45.5 Å². The predicted molar refractivity (Wildman–Crippen MR) is 136 cm³/mol. The van der Waals surface area contributed by atoms with Crippen LogP contribution >= 0.6 is 15.9 Å². The first-order valence-electron chi connectivity index (χ1n) is 10.8. The highest BCUT2D eigenvalue weighted by Gasteiger charge is 2.37. The van der Waals surface area contributed by atoms with E-state index in [0.29, 0.717) is 28.3 Å². The van der Waals surface area contributed by atoms with Crippen LogP contribution in [0.1, 0.15) is 22.3 Å². The smallest absolute Gasteiger partial charge is 0.335 e. The molecule has 0 unspecified atom stereocenters. The Kier molecular flexibility index (Phi) is 7.02. The topological polar surface area (TPSA) is 84.9 Å². The van der Waals surface area contributed by atoms with Gasteiger partial charge >= 0.3 is 6.03 Å². The highest BCUT2D eigenvalue weighted by molar-refractivity contribution is 9.10. The van der Waals surface area contributed by atoms with Crippen molar-refractivity contribution in [1.82, 2.24) is 5.32 Å². The lowest BCUT2D eigenvalue weighted by atomic mass is 10.0. The van der Waals surface area contributed by atoms with Crippen molar-refractivity contribution in [2.75, 3.05) is 12.0 Å². The number of halogens is 1. The molecule has 1 aliphatic rings. The number of nitrogens with one attached hydrogen (secondary N) is 1. The first kappa shape index (κ1) is 24.2. The quantitative estimate of drug-likeness (QED) is 0.341. The minimum atomic E-state index is -0.798. The van der Waals surface area contributed by atoms with Crippen LogP contribution in [0, 0.1) is 13.8 Å². The molecule has 178 valence electrons. The van der Waals surface area contributed by atoms with Crippen LogP contribution < -0.4 is 19.7 Å². The van der Waals surface area contributed by atoms with E-state index >= 15 is 0 Å². The molecule has 0 aliphatic carbocycles. The summed E-state index contributed by atoms with van der Waals surface area (Å²) < 4.78 is 12.2. The van der Waals surface area contributed by atoms with Crippen LogP contribution in [0.4, 0.5) is 10.5 Å². The first-order chi connectivity index (χ1) is 16.8. The van der Waals surface area contributed by atoms with E-state index < -0.39 is 17.8 Å². The Morgan fingerprint density at radius 3 is 2.51 bits per heavy atom. The number of urea groups is 1. The van der Waals surface area contributed by atoms with E-state index in [-0.39, 0.29) is 12.2 Å². The normalized spacial score (nSPS) is 14.8. The average Bonchev–Trinajstić information content (AvgIpc) is 2.82. The number of benzene rings is 3. The average molecular weight is 535 g/mol. The summed E-state index contributed by atoms with van der Waals surface area (Å²) in [4.78, 5) is 39.5. The van der Waals surface area contributed by atoms with Gasteiger partial charge < -0.3 is 9.47 Å². The molecule has 0 atom stereocenters. The Labute approximate surface area is 211 Å². The zero-order valence-corrected chi connectivity index (χ0v) is 21.0. The molecule has 1 heterocycles. The lowest BCUT2D eigenvalue weighted by Gasteiger charge is -2.27. The number of barbiturate groups is 1. The fourth-order valence-electron chi connectivity index (χ4n) is 3.75. The van der Waals surface area contributed by atoms with Gasteiger partial charge in [-0.15, -0.1) is 0 Å². The summed E-state index contributed by atoms with van der Waals surface area (Å²) >= 11 is 3.38. The Hall–Kier alpha value is -3.91. The van der Waals surface area contributed by atoms with Crippen molar-refractivity contribution in [3.63, 3.8) is 0 Å². The summed E-state index contributed by atoms with van der Waals surface area (Å²) in [7, 11) is 1.54. The molecule has 35 heavy (non-hydrogen) atoms. The van der Waals surface area contributed by atoms with Crippen LogP contribution in [-0.2, 0) is 16.2 Å². The number of anilines is 1. The lowest BCUT2D eigenvalue weighted by Crippen LogP contribution is -2.54. The summed E-state index contributed by atoms with van der Waals surface area (Å²) in [5.41, 5.74) is 3.48. The van der Waals surface area contributed by atoms with Crippen molar-refractivity contribution in [2.45, 2.75) is 20.5 Å². The third-order valence-corrected chi connectivity index (χ3v) is 5.99. The third kappa shape index (κ3) is 5.27. The zero-order valence-electron chi connectivity index (χ0n) is 19.4. The maximum Gasteiger partial charge on any atom is 0.335 e. The molecule has 8 heteroatoms. The third-order valence-electron chi connectivity index (χ3n) is 5.50. The summed E-state index contributed by atoms with van der Waals surface area (Å²) in [6.07, 6.45) is 1.43. The largest absolute Gasteiger partial charge is 0.497 e. The molecule has 7 nitrogen and oxygen atoms in total. The van der Waals surface area contributed by atoms with Crippen LogP contribution in [0.5, 0.6) is 11.5 Å². The molecule has 3 aromatic carbocycles. The van der Waals surface area contributed by atoms with E-state index in [2.05, 4.69) is 21.2 Å². The van der Waals surface area contributed by atoms with Gasteiger partial charge in [0.25, 0.3) is 11.8 Å². The van der Waals surface area contributed by atoms with Gasteiger partial charge in [0.2, 0.25) is 0 Å². The standard InChI is InChI=1S/C27H23BrN2O5/c1-16-5-4-6-18(11-16)15-35-24-14-21(34-3)9-7-19(24)13-22-25(31)29-27(33)30(26(22)32)23-10-8-20(28)12-17(23)2/h4-14H,15H2,1-3H3,(H,29,31,33)/b22-13-. The minimum absolute atomic E-state index is 0.183. The molecule has 1 fully saturated rings. The number of hydrogen-bond acceptors (Lipinski definition) is 5. The number of carbonyl (C=O) groups is 3. The van der Waals surface area contributed by atoms with Crippen molar-refractivity contribution in [3.05, 3.63) is 93.0 Å². The van der Waals surface area contributed by atoms with Gasteiger partial charge in [0.1, 0.15) is 23.7 Å². The molecule has 0 bridgehead atoms. The van der Waals surface area contributed by atoms with E-state index in [1.165, 1.54) is 6.08 Å². The van der Waals surface area contributed by atoms with Gasteiger partial charge in [-0.3, -0.25) is 14.9 Å². The van der Waals surface area contributed by atoms with Crippen molar-refractivity contribution in [1.29, 1.82) is 0 Å². The van der Waals surface area contributed by atoms with Gasteiger partial charge in [-0.1, -0.05) is 45.8 Å². The summed E-state index contributed by atoms with van der Waals surface area (Å²) in [6.45, 7) is 4.06. The maximum absolute atomic E-state index is 13.3. The molecule has 4 amide bonds. The van der Waals surface area contributed by atoms with Gasteiger partial charge in [0, 0.05) is 16.1 Å². The second kappa shape index (κ2) is 10.1. The molecule has 0 spiro atoms. The van der Waals surface area contributed by atoms with Crippen LogP contribution in [0.15, 0.2) is 70.7 Å². The number of hydrogen-bond donors (Lipinski definition) is 1. The number of ether oxygens (including phenoxy) is 2. The fraction of sp³-hybridized carbons (Fsp3) is 0.148. The molecule has 0 radical (unpaired) electrons. The number of amides is 4. The van der Waals surface area contributed by atoms with Gasteiger partial charge in [0.05, 0.1) is 12.8 Å². The van der Waals surface area contributed by atoms with E-state index in [1.807, 2.05) is 31.2 Å². The minimum Gasteiger partial charge on any atom is -0.497 e. The maximum atomic E-state index is 13.3. The second-order valence-electron chi connectivity index (χ2n) is 8.07. The van der Waals surface area contributed by atoms with Crippen LogP contribution in [-0.4, -0.2) is 25.0 Å². The SMILES string of the molecule is COc1ccc(/C=C2/C(=O)NC(=O)N(c3ccc(Br)cc3C)C2=O)c(OCc2cccc(C)c2)c1. The Morgan fingerprint density at radius 1 is 1.00 bits per heavy atom. The van der Waals surface area contributed by atoms with Crippen LogP contribution in [0.25, 0.3) is 6.08 Å². The predicted octanol–water partition coefficient (Wildman–Crippen LogP) is 5.32. The Morgan fingerprint density at radius 2 is 1.80 bits per heavy atom. The molecule has 0 saturated carbocycles. The van der Waals surface area contributed by atoms with Crippen molar-refractivity contribution in [3.8, 4) is 11.5 Å². The molecular formula is C27H23BrN2O5. The van der Waals surface area contributed by atoms with Gasteiger partial charge in [-0.2, -0.15) is 0 Å². The van der Waals surface area contributed by atoms with E-state index in [1.54, 1.807) is 50.4 Å². The van der Waals surface area contributed by atoms with Crippen LogP contribution in [0.3, 0.4) is 0 Å². The van der Waals surface area contributed by atoms with E-state index in [4.69, 9.17) is 9.47 Å². The number of carbonyl (C=O) groups excluding carboxylic acids is 3. The van der Waals surface area contributed by atoms with Crippen molar-refractivity contribution < 1.29 is 23.9 Å². The lowest BCUT2D eigenvalue weighted by molar-refractivity contribution is -0.122. The van der Waals surface area contributed by atoms with Gasteiger partial charge in [0.15, 0.2) is 0 Å². The summed E-state index contributed by atoms with van der Waals surface area (Å²) in [5, 5.41) is 2.26. The molecule has 1 N–H and O–H groups in total. The molecule has 3 aromatic rings. The molecule has 4 rings (SSSR count). The highest BCUT2D eigenvalue weighted by atomic mass is 79.9. The fourth-order valence-corrected chi connectivity index (χ4v) is 4.23. The highest BCUT2D eigenvalue weighted by Crippen LogP contribution is 2.31. The summed E-state index contributed by atoms with van der Waals surface area (Å²) in [5.74, 6) is -0.494. The van der Waals surface area contributed by atoms with E-state index in [0.717, 1.165) is 20.5 Å².